The molecule has 0 fully saturated rings. The number of hydrogen-bond donors (Lipinski definition) is 1. The highest BCUT2D eigenvalue weighted by Gasteiger charge is 2.27. The summed E-state index contributed by atoms with van der Waals surface area (Å²) in [6.45, 7) is 2.32. The summed E-state index contributed by atoms with van der Waals surface area (Å²) in [7, 11) is -1.35. The SMILES string of the molecule is CNCc1cccc2c1C=C(C)S2(=O)=O. The minimum atomic E-state index is -3.19. The summed E-state index contributed by atoms with van der Waals surface area (Å²) in [5, 5.41) is 3.03. The Labute approximate surface area is 89.7 Å². The van der Waals surface area contributed by atoms with E-state index in [1.54, 1.807) is 25.1 Å². The molecule has 3 nitrogen and oxygen atoms in total. The number of nitrogens with one attached hydrogen (secondary N) is 1. The van der Waals surface area contributed by atoms with Crippen LogP contribution < -0.4 is 5.32 Å². The van der Waals surface area contributed by atoms with Gasteiger partial charge in [0.15, 0.2) is 0 Å². The molecule has 0 atom stereocenters. The smallest absolute Gasteiger partial charge is 0.203 e. The van der Waals surface area contributed by atoms with E-state index >= 15 is 0 Å². The van der Waals surface area contributed by atoms with Crippen LogP contribution in [0.25, 0.3) is 6.08 Å². The summed E-state index contributed by atoms with van der Waals surface area (Å²) in [6, 6.07) is 5.40. The zero-order valence-corrected chi connectivity index (χ0v) is 9.56. The molecule has 0 aromatic heterocycles. The molecule has 80 valence electrons. The molecule has 15 heavy (non-hydrogen) atoms. The Bertz CT molecular complexity index is 530. The van der Waals surface area contributed by atoms with Gasteiger partial charge in [0, 0.05) is 11.4 Å². The third-order valence-electron chi connectivity index (χ3n) is 2.58. The molecule has 0 amide bonds. The summed E-state index contributed by atoms with van der Waals surface area (Å²) in [5.41, 5.74) is 1.86. The predicted molar refractivity (Wildman–Crippen MR) is 60.0 cm³/mol. The van der Waals surface area contributed by atoms with E-state index in [9.17, 15) is 8.42 Å². The normalized spacial score (nSPS) is 17.3. The van der Waals surface area contributed by atoms with Gasteiger partial charge < -0.3 is 5.32 Å². The van der Waals surface area contributed by atoms with E-state index in [1.807, 2.05) is 13.1 Å². The molecule has 1 aliphatic heterocycles. The number of hydrogen-bond acceptors (Lipinski definition) is 3. The van der Waals surface area contributed by atoms with Crippen molar-refractivity contribution in [2.75, 3.05) is 7.05 Å². The first-order valence-electron chi connectivity index (χ1n) is 4.77. The monoisotopic (exact) mass is 223 g/mol. The molecule has 0 saturated heterocycles. The van der Waals surface area contributed by atoms with E-state index in [4.69, 9.17) is 0 Å². The van der Waals surface area contributed by atoms with E-state index in [2.05, 4.69) is 5.32 Å². The van der Waals surface area contributed by atoms with Gasteiger partial charge in [-0.15, -0.1) is 0 Å². The number of sulfone groups is 1. The van der Waals surface area contributed by atoms with Crippen molar-refractivity contribution in [1.82, 2.24) is 5.32 Å². The molecule has 0 aliphatic carbocycles. The van der Waals surface area contributed by atoms with Gasteiger partial charge >= 0.3 is 0 Å². The summed E-state index contributed by atoms with van der Waals surface area (Å²) < 4.78 is 23.7. The number of fused-ring (bicyclic) bond motifs is 1. The average Bonchev–Trinajstić information content (AvgIpc) is 2.41. The van der Waals surface area contributed by atoms with Crippen LogP contribution in [0.15, 0.2) is 28.0 Å². The van der Waals surface area contributed by atoms with Crippen molar-refractivity contribution in [2.24, 2.45) is 0 Å². The Balaban J connectivity index is 2.66. The maximum Gasteiger partial charge on any atom is 0.203 e. The fraction of sp³-hybridized carbons (Fsp3) is 0.273. The van der Waals surface area contributed by atoms with Crippen molar-refractivity contribution < 1.29 is 8.42 Å². The van der Waals surface area contributed by atoms with Gasteiger partial charge in [0.05, 0.1) is 4.90 Å². The second-order valence-electron chi connectivity index (χ2n) is 3.62. The Morgan fingerprint density at radius 3 is 2.73 bits per heavy atom. The van der Waals surface area contributed by atoms with Gasteiger partial charge in [0.1, 0.15) is 0 Å². The van der Waals surface area contributed by atoms with Crippen LogP contribution in [0.1, 0.15) is 18.1 Å². The average molecular weight is 223 g/mol. The van der Waals surface area contributed by atoms with E-state index in [0.29, 0.717) is 16.3 Å². The highest BCUT2D eigenvalue weighted by Crippen LogP contribution is 2.34. The predicted octanol–water partition coefficient (Wildman–Crippen LogP) is 1.55. The molecular formula is C11H13NO2S. The molecule has 2 rings (SSSR count). The molecule has 1 aromatic rings. The van der Waals surface area contributed by atoms with Crippen molar-refractivity contribution in [2.45, 2.75) is 18.4 Å². The van der Waals surface area contributed by atoms with Gasteiger partial charge in [-0.1, -0.05) is 12.1 Å². The molecule has 1 aliphatic rings. The molecule has 1 N–H and O–H groups in total. The van der Waals surface area contributed by atoms with Crippen LogP contribution in [0.5, 0.6) is 0 Å². The molecule has 0 spiro atoms. The largest absolute Gasteiger partial charge is 0.316 e. The maximum atomic E-state index is 11.9. The minimum absolute atomic E-state index is 0.432. The molecule has 4 heteroatoms. The summed E-state index contributed by atoms with van der Waals surface area (Å²) in [5.74, 6) is 0. The lowest BCUT2D eigenvalue weighted by Crippen LogP contribution is -2.07. The van der Waals surface area contributed by atoms with Crippen LogP contribution in [0.3, 0.4) is 0 Å². The van der Waals surface area contributed by atoms with E-state index < -0.39 is 9.84 Å². The summed E-state index contributed by atoms with van der Waals surface area (Å²) in [6.07, 6.45) is 1.75. The third-order valence-corrected chi connectivity index (χ3v) is 4.49. The molecule has 0 saturated carbocycles. The summed E-state index contributed by atoms with van der Waals surface area (Å²) >= 11 is 0. The Morgan fingerprint density at radius 1 is 1.33 bits per heavy atom. The lowest BCUT2D eigenvalue weighted by Gasteiger charge is -2.05. The van der Waals surface area contributed by atoms with Crippen molar-refractivity contribution in [3.8, 4) is 0 Å². The second-order valence-corrected chi connectivity index (χ2v) is 5.71. The highest BCUT2D eigenvalue weighted by molar-refractivity contribution is 7.95. The van der Waals surface area contributed by atoms with Crippen LogP contribution in [-0.2, 0) is 16.4 Å². The molecule has 0 unspecified atom stereocenters. The number of rotatable bonds is 2. The minimum Gasteiger partial charge on any atom is -0.316 e. The first kappa shape index (κ1) is 10.4. The lowest BCUT2D eigenvalue weighted by molar-refractivity contribution is 0.603. The topological polar surface area (TPSA) is 46.2 Å². The molecule has 0 bridgehead atoms. The first-order valence-corrected chi connectivity index (χ1v) is 6.25. The zero-order chi connectivity index (χ0) is 11.1. The Kier molecular flexibility index (Phi) is 2.40. The van der Waals surface area contributed by atoms with Gasteiger partial charge in [0.25, 0.3) is 0 Å². The Hall–Kier alpha value is -1.13. The maximum absolute atomic E-state index is 11.9. The van der Waals surface area contributed by atoms with Crippen LogP contribution in [-0.4, -0.2) is 15.5 Å². The fourth-order valence-corrected chi connectivity index (χ4v) is 3.14. The lowest BCUT2D eigenvalue weighted by atomic mass is 10.1. The Morgan fingerprint density at radius 2 is 2.07 bits per heavy atom. The standard InChI is InChI=1S/C11H13NO2S/c1-8-6-10-9(7-12-2)4-3-5-11(10)15(8,13)14/h3-6,12H,7H2,1-2H3. The van der Waals surface area contributed by atoms with E-state index in [1.165, 1.54) is 0 Å². The fourth-order valence-electron chi connectivity index (χ4n) is 1.79. The molecule has 1 aromatic carbocycles. The van der Waals surface area contributed by atoms with Gasteiger partial charge in [-0.2, -0.15) is 0 Å². The summed E-state index contributed by atoms with van der Waals surface area (Å²) in [4.78, 5) is 0.869. The third kappa shape index (κ3) is 1.50. The van der Waals surface area contributed by atoms with Crippen molar-refractivity contribution in [3.63, 3.8) is 0 Å². The van der Waals surface area contributed by atoms with Crippen LogP contribution in [0.2, 0.25) is 0 Å². The quantitative estimate of drug-likeness (QED) is 0.827. The van der Waals surface area contributed by atoms with Crippen LogP contribution >= 0.6 is 0 Å². The molecule has 0 radical (unpaired) electrons. The van der Waals surface area contributed by atoms with E-state index in [0.717, 1.165) is 11.1 Å². The second kappa shape index (κ2) is 3.47. The zero-order valence-electron chi connectivity index (χ0n) is 8.74. The first-order chi connectivity index (χ1) is 7.07. The molecule has 1 heterocycles. The van der Waals surface area contributed by atoms with Crippen molar-refractivity contribution in [1.29, 1.82) is 0 Å². The van der Waals surface area contributed by atoms with Gasteiger partial charge in [0.2, 0.25) is 9.84 Å². The van der Waals surface area contributed by atoms with Crippen LogP contribution in [0.4, 0.5) is 0 Å². The van der Waals surface area contributed by atoms with Crippen molar-refractivity contribution in [3.05, 3.63) is 34.2 Å². The van der Waals surface area contributed by atoms with Crippen LogP contribution in [0, 0.1) is 0 Å². The number of benzene rings is 1. The van der Waals surface area contributed by atoms with Gasteiger partial charge in [-0.25, -0.2) is 8.42 Å². The van der Waals surface area contributed by atoms with Gasteiger partial charge in [-0.05, 0) is 37.2 Å². The van der Waals surface area contributed by atoms with Gasteiger partial charge in [-0.3, -0.25) is 0 Å². The highest BCUT2D eigenvalue weighted by atomic mass is 32.2. The molecular weight excluding hydrogens is 210 g/mol. The van der Waals surface area contributed by atoms with E-state index in [-0.39, 0.29) is 0 Å². The van der Waals surface area contributed by atoms with Crippen molar-refractivity contribution >= 4 is 15.9 Å². The number of allylic oxidation sites excluding steroid dienone is 1.